The fourth-order valence-electron chi connectivity index (χ4n) is 1.70. The van der Waals surface area contributed by atoms with E-state index in [1.807, 2.05) is 0 Å². The van der Waals surface area contributed by atoms with Crippen LogP contribution in [0.1, 0.15) is 0 Å². The number of thioether (sulfide) groups is 1. The smallest absolute Gasteiger partial charge is 0.322 e. The summed E-state index contributed by atoms with van der Waals surface area (Å²) in [6.07, 6.45) is 0. The van der Waals surface area contributed by atoms with E-state index < -0.39 is 22.0 Å². The Bertz CT molecular complexity index is 601. The molecule has 10 heteroatoms. The molecule has 1 N–H and O–H groups in total. The van der Waals surface area contributed by atoms with Crippen LogP contribution >= 0.6 is 46.3 Å². The molecule has 1 aromatic rings. The molecule has 5 nitrogen and oxygen atoms in total. The van der Waals surface area contributed by atoms with Crippen LogP contribution in [-0.4, -0.2) is 47.9 Å². The van der Waals surface area contributed by atoms with Crippen LogP contribution in [0, 0.1) is 0 Å². The van der Waals surface area contributed by atoms with Crippen molar-refractivity contribution in [2.45, 2.75) is 10.9 Å². The Labute approximate surface area is 128 Å². The van der Waals surface area contributed by atoms with E-state index in [1.165, 1.54) is 17.8 Å². The summed E-state index contributed by atoms with van der Waals surface area (Å²) in [5.74, 6) is -0.379. The second-order valence-corrected chi connectivity index (χ2v) is 9.03. The van der Waals surface area contributed by atoms with Gasteiger partial charge in [-0.15, -0.1) is 11.3 Å². The number of rotatable bonds is 3. The maximum atomic E-state index is 12.5. The first-order chi connectivity index (χ1) is 8.84. The Kier molecular flexibility index (Phi) is 4.69. The first-order valence-electron chi connectivity index (χ1n) is 5.11. The van der Waals surface area contributed by atoms with Crippen LogP contribution in [0.3, 0.4) is 0 Å². The average molecular weight is 362 g/mol. The molecule has 0 spiro atoms. The third-order valence-electron chi connectivity index (χ3n) is 2.58. The molecule has 1 aliphatic rings. The number of aliphatic carboxylic acids is 1. The third kappa shape index (κ3) is 3.03. The second kappa shape index (κ2) is 5.79. The van der Waals surface area contributed by atoms with Crippen LogP contribution in [-0.2, 0) is 14.8 Å². The van der Waals surface area contributed by atoms with Crippen LogP contribution in [0.5, 0.6) is 0 Å². The molecule has 1 unspecified atom stereocenters. The number of halogens is 2. The normalized spacial score (nSPS) is 21.5. The summed E-state index contributed by atoms with van der Waals surface area (Å²) in [4.78, 5) is 11.0. The molecule has 106 valence electrons. The highest BCUT2D eigenvalue weighted by atomic mass is 35.5. The zero-order valence-corrected chi connectivity index (χ0v) is 13.3. The van der Waals surface area contributed by atoms with Crippen molar-refractivity contribution in [3.05, 3.63) is 14.7 Å². The van der Waals surface area contributed by atoms with Crippen molar-refractivity contribution in [1.82, 2.24) is 4.31 Å². The van der Waals surface area contributed by atoms with Crippen molar-refractivity contribution in [2.75, 3.05) is 18.1 Å². The van der Waals surface area contributed by atoms with E-state index in [9.17, 15) is 13.2 Å². The largest absolute Gasteiger partial charge is 0.480 e. The van der Waals surface area contributed by atoms with Gasteiger partial charge in [-0.3, -0.25) is 4.79 Å². The van der Waals surface area contributed by atoms with Crippen LogP contribution in [0.15, 0.2) is 11.0 Å². The molecule has 1 fully saturated rings. The summed E-state index contributed by atoms with van der Waals surface area (Å²) in [6.45, 7) is 0.147. The zero-order chi connectivity index (χ0) is 14.2. The maximum absolute atomic E-state index is 12.5. The first kappa shape index (κ1) is 15.4. The summed E-state index contributed by atoms with van der Waals surface area (Å²) in [5.41, 5.74) is 0. The molecule has 0 aromatic carbocycles. The number of nitrogens with zero attached hydrogens (tertiary/aromatic N) is 1. The van der Waals surface area contributed by atoms with Crippen LogP contribution in [0.25, 0.3) is 0 Å². The number of carboxylic acid groups (broad SMARTS) is 1. The maximum Gasteiger partial charge on any atom is 0.322 e. The Morgan fingerprint density at radius 1 is 1.47 bits per heavy atom. The van der Waals surface area contributed by atoms with Gasteiger partial charge < -0.3 is 5.11 Å². The Hall–Kier alpha value is 0.01000. The Morgan fingerprint density at radius 2 is 2.16 bits per heavy atom. The SMILES string of the molecule is O=C(O)C1CSCCN1S(=O)(=O)c1cc(Cl)sc1Cl. The number of thiophene rings is 1. The lowest BCUT2D eigenvalue weighted by Gasteiger charge is -2.31. The number of carbonyl (C=O) groups is 1. The highest BCUT2D eigenvalue weighted by molar-refractivity contribution is 7.99. The standard InChI is InChI=1S/C9H9Cl2NO4S3/c10-7-3-6(8(11)18-7)19(15,16)12-1-2-17-4-5(12)9(13)14/h3,5H,1-2,4H2,(H,13,14). The number of hydrogen-bond donors (Lipinski definition) is 1. The van der Waals surface area contributed by atoms with Crippen molar-refractivity contribution in [2.24, 2.45) is 0 Å². The highest BCUT2D eigenvalue weighted by Crippen LogP contribution is 2.37. The van der Waals surface area contributed by atoms with E-state index in [0.29, 0.717) is 5.75 Å². The van der Waals surface area contributed by atoms with Gasteiger partial charge in [0.05, 0.1) is 4.34 Å². The van der Waals surface area contributed by atoms with Crippen LogP contribution in [0.4, 0.5) is 0 Å². The lowest BCUT2D eigenvalue weighted by atomic mass is 10.3. The highest BCUT2D eigenvalue weighted by Gasteiger charge is 2.39. The molecular formula is C9H9Cl2NO4S3. The first-order valence-corrected chi connectivity index (χ1v) is 9.28. The van der Waals surface area contributed by atoms with Crippen LogP contribution < -0.4 is 0 Å². The van der Waals surface area contributed by atoms with Gasteiger partial charge in [-0.25, -0.2) is 8.42 Å². The summed E-state index contributed by atoms with van der Waals surface area (Å²) in [7, 11) is -3.93. The van der Waals surface area contributed by atoms with Crippen LogP contribution in [0.2, 0.25) is 8.67 Å². The molecule has 19 heavy (non-hydrogen) atoms. The van der Waals surface area contributed by atoms with Gasteiger partial charge in [0.25, 0.3) is 0 Å². The van der Waals surface area contributed by atoms with E-state index >= 15 is 0 Å². The number of hydrogen-bond acceptors (Lipinski definition) is 5. The number of sulfonamides is 1. The minimum absolute atomic E-state index is 0.0485. The Morgan fingerprint density at radius 3 is 2.68 bits per heavy atom. The molecule has 1 aromatic heterocycles. The molecule has 0 radical (unpaired) electrons. The predicted molar refractivity (Wildman–Crippen MR) is 77.0 cm³/mol. The quantitative estimate of drug-likeness (QED) is 0.893. The van der Waals surface area contributed by atoms with E-state index in [2.05, 4.69) is 0 Å². The molecule has 1 aliphatic heterocycles. The van der Waals surface area contributed by atoms with Gasteiger partial charge in [0.15, 0.2) is 0 Å². The van der Waals surface area contributed by atoms with Gasteiger partial charge >= 0.3 is 5.97 Å². The monoisotopic (exact) mass is 361 g/mol. The molecule has 1 saturated heterocycles. The van der Waals surface area contributed by atoms with E-state index in [0.717, 1.165) is 15.6 Å². The molecular weight excluding hydrogens is 353 g/mol. The Balaban J connectivity index is 2.43. The fraction of sp³-hybridized carbons (Fsp3) is 0.444. The summed E-state index contributed by atoms with van der Waals surface area (Å²) < 4.78 is 26.2. The third-order valence-corrected chi connectivity index (χ3v) is 7.26. The molecule has 2 rings (SSSR count). The van der Waals surface area contributed by atoms with Crippen molar-refractivity contribution < 1.29 is 18.3 Å². The predicted octanol–water partition coefficient (Wildman–Crippen LogP) is 2.25. The van der Waals surface area contributed by atoms with E-state index in [1.54, 1.807) is 0 Å². The minimum Gasteiger partial charge on any atom is -0.480 e. The zero-order valence-electron chi connectivity index (χ0n) is 9.38. The van der Waals surface area contributed by atoms with Crippen molar-refractivity contribution >= 4 is 62.3 Å². The average Bonchev–Trinajstić information content (AvgIpc) is 2.69. The van der Waals surface area contributed by atoms with E-state index in [-0.39, 0.29) is 25.9 Å². The van der Waals surface area contributed by atoms with Crippen molar-refractivity contribution in [1.29, 1.82) is 0 Å². The fourth-order valence-corrected chi connectivity index (χ4v) is 6.64. The van der Waals surface area contributed by atoms with Gasteiger partial charge in [-0.05, 0) is 6.07 Å². The molecule has 1 atom stereocenters. The lowest BCUT2D eigenvalue weighted by molar-refractivity contribution is -0.140. The van der Waals surface area contributed by atoms with Crippen molar-refractivity contribution in [3.63, 3.8) is 0 Å². The topological polar surface area (TPSA) is 74.7 Å². The second-order valence-electron chi connectivity index (χ2n) is 3.73. The molecule has 0 saturated carbocycles. The van der Waals surface area contributed by atoms with E-state index in [4.69, 9.17) is 28.3 Å². The number of carboxylic acids is 1. The van der Waals surface area contributed by atoms with Gasteiger partial charge in [0, 0.05) is 18.1 Å². The minimum atomic E-state index is -3.93. The summed E-state index contributed by atoms with van der Waals surface area (Å²) >= 11 is 13.9. The van der Waals surface area contributed by atoms with Gasteiger partial charge in [0.2, 0.25) is 10.0 Å². The summed E-state index contributed by atoms with van der Waals surface area (Å²) in [6, 6.07) is 0.184. The summed E-state index contributed by atoms with van der Waals surface area (Å²) in [5, 5.41) is 9.12. The molecule has 2 heterocycles. The lowest BCUT2D eigenvalue weighted by Crippen LogP contribution is -2.50. The van der Waals surface area contributed by atoms with Gasteiger partial charge in [-0.2, -0.15) is 16.1 Å². The van der Waals surface area contributed by atoms with Crippen molar-refractivity contribution in [3.8, 4) is 0 Å². The molecule has 0 aliphatic carbocycles. The van der Waals surface area contributed by atoms with Gasteiger partial charge in [-0.1, -0.05) is 23.2 Å². The molecule has 0 bridgehead atoms. The van der Waals surface area contributed by atoms with Gasteiger partial charge in [0.1, 0.15) is 15.3 Å². The molecule has 0 amide bonds.